The summed E-state index contributed by atoms with van der Waals surface area (Å²) in [4.78, 5) is 32.4. The van der Waals surface area contributed by atoms with Crippen molar-refractivity contribution in [2.45, 2.75) is 26.4 Å². The number of ether oxygens (including phenoxy) is 2. The molecule has 0 aliphatic carbocycles. The van der Waals surface area contributed by atoms with Gasteiger partial charge in [-0.15, -0.1) is 0 Å². The maximum Gasteiger partial charge on any atom is 0.410 e. The van der Waals surface area contributed by atoms with E-state index in [1.807, 2.05) is 13.8 Å². The van der Waals surface area contributed by atoms with E-state index in [0.717, 1.165) is 5.69 Å². The lowest BCUT2D eigenvalue weighted by Gasteiger charge is -2.39. The van der Waals surface area contributed by atoms with Gasteiger partial charge in [0.1, 0.15) is 6.61 Å². The third kappa shape index (κ3) is 6.87. The van der Waals surface area contributed by atoms with Crippen molar-refractivity contribution in [2.24, 2.45) is 0 Å². The Labute approximate surface area is 192 Å². The number of urea groups is 1. The first-order valence-corrected chi connectivity index (χ1v) is 10.8. The molecule has 2 heterocycles. The van der Waals surface area contributed by atoms with Crippen LogP contribution >= 0.6 is 0 Å². The summed E-state index contributed by atoms with van der Waals surface area (Å²) in [5, 5.41) is 5.19. The summed E-state index contributed by atoms with van der Waals surface area (Å²) in [6, 6.07) is 7.78. The number of methoxy groups -OCH3 is 1. The highest BCUT2D eigenvalue weighted by atomic mass is 19.1. The second-order valence-electron chi connectivity index (χ2n) is 7.93. The second kappa shape index (κ2) is 11.6. The fraction of sp³-hybridized carbons (Fsp3) is 0.435. The van der Waals surface area contributed by atoms with Crippen molar-refractivity contribution in [1.29, 1.82) is 0 Å². The van der Waals surface area contributed by atoms with E-state index in [1.54, 1.807) is 36.3 Å². The first-order chi connectivity index (χ1) is 15.9. The maximum atomic E-state index is 15.1. The molecule has 1 aliphatic heterocycles. The highest BCUT2D eigenvalue weighted by Gasteiger charge is 2.29. The number of piperazine rings is 1. The predicted molar refractivity (Wildman–Crippen MR) is 123 cm³/mol. The Kier molecular flexibility index (Phi) is 8.56. The zero-order valence-corrected chi connectivity index (χ0v) is 19.1. The minimum Gasteiger partial charge on any atom is -0.447 e. The smallest absolute Gasteiger partial charge is 0.410 e. The van der Waals surface area contributed by atoms with Gasteiger partial charge in [-0.25, -0.2) is 14.0 Å². The molecule has 2 N–H and O–H groups in total. The molecule has 2 aromatic rings. The molecule has 0 bridgehead atoms. The van der Waals surface area contributed by atoms with Crippen LogP contribution in [-0.2, 0) is 16.0 Å². The van der Waals surface area contributed by atoms with Gasteiger partial charge in [0.15, 0.2) is 5.82 Å². The van der Waals surface area contributed by atoms with Crippen molar-refractivity contribution in [3.63, 3.8) is 0 Å². The summed E-state index contributed by atoms with van der Waals surface area (Å²) in [5.74, 6) is -0.483. The molecule has 10 heteroatoms. The van der Waals surface area contributed by atoms with E-state index in [0.29, 0.717) is 44.0 Å². The highest BCUT2D eigenvalue weighted by Crippen LogP contribution is 2.22. The van der Waals surface area contributed by atoms with Crippen molar-refractivity contribution in [1.82, 2.24) is 14.8 Å². The van der Waals surface area contributed by atoms with Crippen LogP contribution in [0.15, 0.2) is 36.5 Å². The quantitative estimate of drug-likeness (QED) is 0.616. The number of rotatable bonds is 7. The minimum absolute atomic E-state index is 0.0768. The van der Waals surface area contributed by atoms with Crippen LogP contribution < -0.4 is 10.6 Å². The van der Waals surface area contributed by atoms with Crippen molar-refractivity contribution >= 4 is 23.5 Å². The fourth-order valence-corrected chi connectivity index (χ4v) is 3.61. The first-order valence-electron chi connectivity index (χ1n) is 10.8. The van der Waals surface area contributed by atoms with E-state index in [2.05, 4.69) is 20.5 Å². The molecule has 1 aromatic carbocycles. The Hall–Kier alpha value is -3.24. The normalized spacial score (nSPS) is 16.4. The van der Waals surface area contributed by atoms with Gasteiger partial charge >= 0.3 is 12.1 Å². The van der Waals surface area contributed by atoms with E-state index in [9.17, 15) is 9.59 Å². The number of hydrogen-bond acceptors (Lipinski definition) is 6. The Morgan fingerprint density at radius 3 is 2.70 bits per heavy atom. The van der Waals surface area contributed by atoms with Gasteiger partial charge in [0.05, 0.1) is 24.2 Å². The van der Waals surface area contributed by atoms with Gasteiger partial charge in [-0.2, -0.15) is 0 Å². The SMILES string of the molecule is COCCOC(=O)N1CCN(Cc2cccc(NC(=O)Nc3ccc(C)nc3)c2F)C[C@H]1C. The number of carbonyl (C=O) groups excluding carboxylic acids is 2. The fourth-order valence-electron chi connectivity index (χ4n) is 3.61. The number of anilines is 2. The molecule has 3 amide bonds. The van der Waals surface area contributed by atoms with E-state index in [-0.39, 0.29) is 24.4 Å². The van der Waals surface area contributed by atoms with Crippen LogP contribution in [0.2, 0.25) is 0 Å². The van der Waals surface area contributed by atoms with E-state index in [1.165, 1.54) is 12.3 Å². The largest absolute Gasteiger partial charge is 0.447 e. The van der Waals surface area contributed by atoms with Crippen LogP contribution in [0.4, 0.5) is 25.4 Å². The highest BCUT2D eigenvalue weighted by molar-refractivity contribution is 5.99. The van der Waals surface area contributed by atoms with Gasteiger partial charge in [0.2, 0.25) is 0 Å². The predicted octanol–water partition coefficient (Wildman–Crippen LogP) is 3.46. The standard InChI is InChI=1S/C23H30FN5O4/c1-16-7-8-19(13-25-16)26-22(30)27-20-6-4-5-18(21(20)24)15-28-9-10-29(17(2)14-28)23(31)33-12-11-32-3/h4-8,13,17H,9-12,14-15H2,1-3H3,(H2,26,27,30)/t17-/m1/s1. The first kappa shape index (κ1) is 24.4. The van der Waals surface area contributed by atoms with Gasteiger partial charge < -0.3 is 25.0 Å². The van der Waals surface area contributed by atoms with Gasteiger partial charge in [-0.05, 0) is 32.0 Å². The molecule has 9 nitrogen and oxygen atoms in total. The average Bonchev–Trinajstić information content (AvgIpc) is 2.78. The second-order valence-corrected chi connectivity index (χ2v) is 7.93. The number of benzene rings is 1. The number of nitrogens with zero attached hydrogens (tertiary/aromatic N) is 3. The molecular formula is C23H30FN5O4. The van der Waals surface area contributed by atoms with Gasteiger partial charge in [0.25, 0.3) is 0 Å². The summed E-state index contributed by atoms with van der Waals surface area (Å²) < 4.78 is 25.2. The molecule has 178 valence electrons. The van der Waals surface area contributed by atoms with Gasteiger partial charge in [-0.1, -0.05) is 12.1 Å². The number of amides is 3. The van der Waals surface area contributed by atoms with Gasteiger partial charge in [0, 0.05) is 50.6 Å². The molecule has 0 spiro atoms. The van der Waals surface area contributed by atoms with Crippen molar-refractivity contribution < 1.29 is 23.5 Å². The Morgan fingerprint density at radius 2 is 2.00 bits per heavy atom. The Bertz CT molecular complexity index is 956. The number of aromatic nitrogens is 1. The van der Waals surface area contributed by atoms with Crippen LogP contribution in [0.1, 0.15) is 18.2 Å². The summed E-state index contributed by atoms with van der Waals surface area (Å²) in [5.41, 5.74) is 1.91. The molecule has 1 saturated heterocycles. The van der Waals surface area contributed by atoms with Crippen LogP contribution in [0, 0.1) is 12.7 Å². The number of nitrogens with one attached hydrogen (secondary N) is 2. The third-order valence-electron chi connectivity index (χ3n) is 5.35. The van der Waals surface area contributed by atoms with Crippen LogP contribution in [0.3, 0.4) is 0 Å². The molecule has 3 rings (SSSR count). The summed E-state index contributed by atoms with van der Waals surface area (Å²) in [7, 11) is 1.55. The topological polar surface area (TPSA) is 96.0 Å². The number of hydrogen-bond donors (Lipinski definition) is 2. The van der Waals surface area contributed by atoms with Crippen LogP contribution in [0.25, 0.3) is 0 Å². The van der Waals surface area contributed by atoms with Crippen molar-refractivity contribution in [3.8, 4) is 0 Å². The number of aryl methyl sites for hydroxylation is 1. The van der Waals surface area contributed by atoms with Gasteiger partial charge in [-0.3, -0.25) is 9.88 Å². The molecule has 0 unspecified atom stereocenters. The summed E-state index contributed by atoms with van der Waals surface area (Å²) >= 11 is 0. The molecule has 1 aliphatic rings. The Balaban J connectivity index is 1.55. The molecule has 0 saturated carbocycles. The number of halogens is 1. The molecular weight excluding hydrogens is 429 g/mol. The Morgan fingerprint density at radius 1 is 1.18 bits per heavy atom. The van der Waals surface area contributed by atoms with Crippen LogP contribution in [0.5, 0.6) is 0 Å². The molecule has 1 aromatic heterocycles. The summed E-state index contributed by atoms with van der Waals surface area (Å²) in [6.45, 7) is 6.35. The maximum absolute atomic E-state index is 15.1. The van der Waals surface area contributed by atoms with E-state index < -0.39 is 11.8 Å². The zero-order valence-electron chi connectivity index (χ0n) is 19.1. The summed E-state index contributed by atoms with van der Waals surface area (Å²) in [6.07, 6.45) is 1.17. The van der Waals surface area contributed by atoms with E-state index in [4.69, 9.17) is 9.47 Å². The lowest BCUT2D eigenvalue weighted by molar-refractivity contribution is 0.0362. The lowest BCUT2D eigenvalue weighted by Crippen LogP contribution is -2.53. The van der Waals surface area contributed by atoms with Crippen molar-refractivity contribution in [3.05, 3.63) is 53.6 Å². The minimum atomic E-state index is -0.550. The van der Waals surface area contributed by atoms with Crippen molar-refractivity contribution in [2.75, 3.05) is 50.6 Å². The van der Waals surface area contributed by atoms with E-state index >= 15 is 4.39 Å². The molecule has 1 atom stereocenters. The molecule has 33 heavy (non-hydrogen) atoms. The lowest BCUT2D eigenvalue weighted by atomic mass is 10.1. The third-order valence-corrected chi connectivity index (χ3v) is 5.35. The monoisotopic (exact) mass is 459 g/mol. The molecule has 1 fully saturated rings. The number of carbonyl (C=O) groups is 2. The van der Waals surface area contributed by atoms with Crippen LogP contribution in [-0.4, -0.2) is 72.9 Å². The zero-order chi connectivity index (χ0) is 23.8. The molecule has 0 radical (unpaired) electrons. The average molecular weight is 460 g/mol. The number of pyridine rings is 1.